The summed E-state index contributed by atoms with van der Waals surface area (Å²) >= 11 is 7.84. The predicted molar refractivity (Wildman–Crippen MR) is 49.8 cm³/mol. The van der Waals surface area contributed by atoms with Crippen LogP contribution >= 0.6 is 35.7 Å². The smallest absolute Gasteiger partial charge is 0.271 e. The van der Waals surface area contributed by atoms with Gasteiger partial charge in [0.25, 0.3) is 5.37 Å². The minimum atomic E-state index is -0.0232. The number of thiocarbonyl (C=S) groups is 1. The van der Waals surface area contributed by atoms with Crippen LogP contribution in [0.1, 0.15) is 6.92 Å². The molecule has 0 spiro atoms. The third-order valence-corrected chi connectivity index (χ3v) is 3.16. The van der Waals surface area contributed by atoms with E-state index in [1.54, 1.807) is 0 Å². The number of hydrogen-bond acceptors (Lipinski definition) is 3. The molecule has 0 aromatic rings. The van der Waals surface area contributed by atoms with E-state index in [1.165, 1.54) is 23.5 Å². The van der Waals surface area contributed by atoms with Crippen molar-refractivity contribution in [3.05, 3.63) is 11.4 Å². The largest absolute Gasteiger partial charge is 0.302 e. The van der Waals surface area contributed by atoms with Crippen molar-refractivity contribution in [1.29, 1.82) is 0 Å². The highest BCUT2D eigenvalue weighted by molar-refractivity contribution is 8.47. The van der Waals surface area contributed by atoms with Crippen LogP contribution < -0.4 is 0 Å². The van der Waals surface area contributed by atoms with Gasteiger partial charge >= 0.3 is 0 Å². The zero-order chi connectivity index (χ0) is 7.28. The minimum absolute atomic E-state index is 0.0232. The van der Waals surface area contributed by atoms with Crippen LogP contribution in [-0.4, -0.2) is 15.2 Å². The summed E-state index contributed by atoms with van der Waals surface area (Å²) in [6.45, 7) is 8.46. The van der Waals surface area contributed by atoms with Gasteiger partial charge < -0.3 is 4.85 Å². The molecule has 0 bridgehead atoms. The van der Waals surface area contributed by atoms with Gasteiger partial charge in [0, 0.05) is 6.92 Å². The first kappa shape index (κ1) is 9.28. The van der Waals surface area contributed by atoms with Crippen LogP contribution in [0.15, 0.2) is 0 Å². The van der Waals surface area contributed by atoms with Crippen LogP contribution in [0.3, 0.4) is 0 Å². The van der Waals surface area contributed by atoms with Crippen LogP contribution in [0, 0.1) is 6.57 Å². The lowest BCUT2D eigenvalue weighted by atomic mass is 10.8. The Balaban J connectivity index is 3.50. The fourth-order valence-corrected chi connectivity index (χ4v) is 1.77. The summed E-state index contributed by atoms with van der Waals surface area (Å²) in [5.41, 5.74) is 0. The standard InChI is InChI=1S/C5H7NS3/c1-4(6-2)9-5(7)8-3/h4H,1,3H3. The second-order valence-corrected chi connectivity index (χ2v) is 4.63. The van der Waals surface area contributed by atoms with E-state index in [0.717, 1.165) is 3.53 Å². The Kier molecular flexibility index (Phi) is 5.25. The molecule has 0 amide bonds. The number of thioether (sulfide) groups is 2. The van der Waals surface area contributed by atoms with Crippen molar-refractivity contribution in [2.45, 2.75) is 12.3 Å². The van der Waals surface area contributed by atoms with Gasteiger partial charge in [-0.05, 0) is 18.0 Å². The highest BCUT2D eigenvalue weighted by Crippen LogP contribution is 2.20. The van der Waals surface area contributed by atoms with Crippen molar-refractivity contribution in [3.63, 3.8) is 0 Å². The van der Waals surface area contributed by atoms with E-state index < -0.39 is 0 Å². The molecule has 0 N–H and O–H groups in total. The van der Waals surface area contributed by atoms with Gasteiger partial charge in [-0.15, -0.1) is 11.8 Å². The quantitative estimate of drug-likeness (QED) is 0.448. The highest BCUT2D eigenvalue weighted by Gasteiger charge is 2.06. The first-order chi connectivity index (χ1) is 4.20. The van der Waals surface area contributed by atoms with Crippen LogP contribution in [-0.2, 0) is 0 Å². The summed E-state index contributed by atoms with van der Waals surface area (Å²) in [7, 11) is 0. The van der Waals surface area contributed by atoms with E-state index in [9.17, 15) is 0 Å². The molecule has 1 atom stereocenters. The van der Waals surface area contributed by atoms with E-state index in [1.807, 2.05) is 13.2 Å². The maximum absolute atomic E-state index is 6.61. The van der Waals surface area contributed by atoms with Crippen molar-refractivity contribution in [2.24, 2.45) is 0 Å². The third kappa shape index (κ3) is 4.76. The van der Waals surface area contributed by atoms with Gasteiger partial charge in [0.2, 0.25) is 0 Å². The molecule has 0 saturated heterocycles. The van der Waals surface area contributed by atoms with Gasteiger partial charge in [0.15, 0.2) is 0 Å². The molecule has 0 saturated carbocycles. The summed E-state index contributed by atoms with van der Waals surface area (Å²) < 4.78 is 0.846. The zero-order valence-corrected chi connectivity index (χ0v) is 7.70. The molecule has 0 heterocycles. The second kappa shape index (κ2) is 5.10. The van der Waals surface area contributed by atoms with Gasteiger partial charge in [0.1, 0.15) is 3.53 Å². The summed E-state index contributed by atoms with van der Waals surface area (Å²) in [5, 5.41) is -0.0232. The monoisotopic (exact) mass is 177 g/mol. The fourth-order valence-electron chi connectivity index (χ4n) is 0.214. The molecule has 1 unspecified atom stereocenters. The molecule has 0 fully saturated rings. The molecule has 9 heavy (non-hydrogen) atoms. The number of nitrogens with zero attached hydrogens (tertiary/aromatic N) is 1. The highest BCUT2D eigenvalue weighted by atomic mass is 32.2. The Bertz CT molecular complexity index is 138. The molecule has 0 aromatic carbocycles. The van der Waals surface area contributed by atoms with E-state index >= 15 is 0 Å². The average Bonchev–Trinajstić information content (AvgIpc) is 1.87. The third-order valence-electron chi connectivity index (χ3n) is 0.615. The molecule has 1 nitrogen and oxygen atoms in total. The van der Waals surface area contributed by atoms with Crippen molar-refractivity contribution in [2.75, 3.05) is 6.26 Å². The Morgan fingerprint density at radius 2 is 2.33 bits per heavy atom. The first-order valence-corrected chi connectivity index (χ1v) is 4.83. The lowest BCUT2D eigenvalue weighted by molar-refractivity contribution is 1.25. The van der Waals surface area contributed by atoms with Gasteiger partial charge in [-0.3, -0.25) is 0 Å². The molecule has 0 aromatic heterocycles. The van der Waals surface area contributed by atoms with Crippen LogP contribution in [0.5, 0.6) is 0 Å². The van der Waals surface area contributed by atoms with Crippen molar-refractivity contribution < 1.29 is 0 Å². The Labute approximate surface area is 69.4 Å². The first-order valence-electron chi connectivity index (χ1n) is 2.32. The maximum atomic E-state index is 6.61. The molecule has 0 radical (unpaired) electrons. The summed E-state index contributed by atoms with van der Waals surface area (Å²) in [4.78, 5) is 3.29. The van der Waals surface area contributed by atoms with Crippen LogP contribution in [0.25, 0.3) is 4.85 Å². The lowest BCUT2D eigenvalue weighted by Crippen LogP contribution is -1.89. The normalized spacial score (nSPS) is 12.1. The van der Waals surface area contributed by atoms with Gasteiger partial charge in [0.05, 0.1) is 0 Å². The van der Waals surface area contributed by atoms with Crippen molar-refractivity contribution in [1.82, 2.24) is 0 Å². The van der Waals surface area contributed by atoms with E-state index in [0.29, 0.717) is 0 Å². The summed E-state index contributed by atoms with van der Waals surface area (Å²) in [6.07, 6.45) is 1.92. The van der Waals surface area contributed by atoms with E-state index in [-0.39, 0.29) is 5.37 Å². The minimum Gasteiger partial charge on any atom is -0.302 e. The molecule has 0 rings (SSSR count). The predicted octanol–water partition coefficient (Wildman–Crippen LogP) is 2.63. The summed E-state index contributed by atoms with van der Waals surface area (Å²) in [5.74, 6) is 0. The Hall–Kier alpha value is 0.280. The molecule has 4 heteroatoms. The number of hydrogen-bond donors (Lipinski definition) is 0. The second-order valence-electron chi connectivity index (χ2n) is 1.30. The molecule has 0 aliphatic heterocycles. The molecule has 0 aliphatic carbocycles. The van der Waals surface area contributed by atoms with Gasteiger partial charge in [-0.2, -0.15) is 0 Å². The summed E-state index contributed by atoms with van der Waals surface area (Å²) in [6, 6.07) is 0. The van der Waals surface area contributed by atoms with Gasteiger partial charge in [-0.25, -0.2) is 6.57 Å². The van der Waals surface area contributed by atoms with E-state index in [2.05, 4.69) is 4.85 Å². The number of rotatable bonds is 1. The van der Waals surface area contributed by atoms with Gasteiger partial charge in [-0.1, -0.05) is 12.2 Å². The maximum Gasteiger partial charge on any atom is 0.271 e. The fraction of sp³-hybridized carbons (Fsp3) is 0.600. The molecular weight excluding hydrogens is 170 g/mol. The average molecular weight is 177 g/mol. The van der Waals surface area contributed by atoms with Crippen molar-refractivity contribution >= 4 is 39.3 Å². The molecule has 50 valence electrons. The Morgan fingerprint density at radius 1 is 1.78 bits per heavy atom. The Morgan fingerprint density at radius 3 is 2.67 bits per heavy atom. The van der Waals surface area contributed by atoms with Crippen LogP contribution in [0.2, 0.25) is 0 Å². The molecule has 0 aliphatic rings. The SMILES string of the molecule is [C-]#[N+]C(C)SC(=S)SC. The lowest BCUT2D eigenvalue weighted by Gasteiger charge is -1.95. The topological polar surface area (TPSA) is 4.36 Å². The van der Waals surface area contributed by atoms with Crippen molar-refractivity contribution in [3.8, 4) is 0 Å². The van der Waals surface area contributed by atoms with E-state index in [4.69, 9.17) is 18.8 Å². The zero-order valence-electron chi connectivity index (χ0n) is 5.25. The van der Waals surface area contributed by atoms with Crippen LogP contribution in [0.4, 0.5) is 0 Å². The molecular formula is C5H7NS3.